The standard InChI is InChI=1S/C22H20N8O6S/c23-11-14-1-6-17(27-12-14)30(13-37(33,34)35)21(32)18-19(20(24)31)28(8-7-26-18)15-2-4-16(5-3-15)29-9-10-36-22(29)25/h1-7,12,25H,8-10,13H2,(H2,24,31)(H,33,34,35). The molecule has 37 heavy (non-hydrogen) atoms. The van der Waals surface area contributed by atoms with Crippen molar-refractivity contribution >= 4 is 51.4 Å². The number of rotatable bonds is 7. The molecule has 0 unspecified atom stereocenters. The summed E-state index contributed by atoms with van der Waals surface area (Å²) >= 11 is 0. The monoisotopic (exact) mass is 524 g/mol. The summed E-state index contributed by atoms with van der Waals surface area (Å²) in [5.41, 5.74) is 6.16. The van der Waals surface area contributed by atoms with Gasteiger partial charge in [-0.1, -0.05) is 0 Å². The van der Waals surface area contributed by atoms with Crippen LogP contribution in [-0.4, -0.2) is 67.6 Å². The zero-order valence-corrected chi connectivity index (χ0v) is 19.9. The minimum absolute atomic E-state index is 0.0128. The Morgan fingerprint density at radius 1 is 1.19 bits per heavy atom. The van der Waals surface area contributed by atoms with Gasteiger partial charge in [-0.2, -0.15) is 13.7 Å². The lowest BCUT2D eigenvalue weighted by Gasteiger charge is -2.30. The number of nitrogens with two attached hydrogens (primary N) is 1. The first kappa shape index (κ1) is 25.3. The molecule has 14 nitrogen and oxygen atoms in total. The van der Waals surface area contributed by atoms with Gasteiger partial charge in [-0.25, -0.2) is 4.98 Å². The molecular weight excluding hydrogens is 504 g/mol. The van der Waals surface area contributed by atoms with E-state index >= 15 is 0 Å². The number of anilines is 3. The number of nitriles is 1. The molecule has 190 valence electrons. The molecule has 3 heterocycles. The van der Waals surface area contributed by atoms with Gasteiger partial charge < -0.3 is 15.4 Å². The van der Waals surface area contributed by atoms with E-state index in [9.17, 15) is 22.6 Å². The minimum atomic E-state index is -4.73. The molecule has 15 heteroatoms. The number of nitrogens with zero attached hydrogens (tertiary/aromatic N) is 6. The average molecular weight is 525 g/mol. The fourth-order valence-electron chi connectivity index (χ4n) is 3.74. The van der Waals surface area contributed by atoms with Crippen LogP contribution in [0.3, 0.4) is 0 Å². The number of amides is 2. The van der Waals surface area contributed by atoms with Crippen LogP contribution in [0.15, 0.2) is 59.0 Å². The summed E-state index contributed by atoms with van der Waals surface area (Å²) in [6, 6.07) is 11.1. The van der Waals surface area contributed by atoms with Gasteiger partial charge in [0, 0.05) is 23.8 Å². The number of carbonyl (C=O) groups is 2. The molecule has 2 amide bonds. The van der Waals surface area contributed by atoms with E-state index in [1.165, 1.54) is 23.2 Å². The lowest BCUT2D eigenvalue weighted by molar-refractivity contribution is -0.117. The number of hydrogen-bond donors (Lipinski definition) is 3. The van der Waals surface area contributed by atoms with Crippen LogP contribution in [0.25, 0.3) is 0 Å². The van der Waals surface area contributed by atoms with Crippen LogP contribution in [0.1, 0.15) is 5.56 Å². The van der Waals surface area contributed by atoms with Crippen LogP contribution in [0.4, 0.5) is 17.2 Å². The van der Waals surface area contributed by atoms with E-state index in [0.29, 0.717) is 29.4 Å². The number of carbonyl (C=O) groups excluding carboxylic acids is 2. The van der Waals surface area contributed by atoms with E-state index in [1.807, 2.05) is 6.07 Å². The number of aromatic nitrogens is 1. The SMILES string of the molecule is N#Cc1ccc(N(CS(=O)(=O)O)C(=O)C2=C(C(N)=O)N(c3ccc(N4CCOC4=N)cc3)CC=N2)nc1. The highest BCUT2D eigenvalue weighted by Crippen LogP contribution is 2.29. The summed E-state index contributed by atoms with van der Waals surface area (Å²) in [5, 5.41) is 16.8. The van der Waals surface area contributed by atoms with Crippen LogP contribution < -0.4 is 20.4 Å². The Morgan fingerprint density at radius 3 is 2.38 bits per heavy atom. The van der Waals surface area contributed by atoms with Crippen molar-refractivity contribution in [3.63, 3.8) is 0 Å². The van der Waals surface area contributed by atoms with Crippen molar-refractivity contribution in [3.05, 3.63) is 59.6 Å². The normalized spacial score (nSPS) is 15.4. The highest BCUT2D eigenvalue weighted by molar-refractivity contribution is 7.85. The Bertz CT molecular complexity index is 1460. The predicted molar refractivity (Wildman–Crippen MR) is 132 cm³/mol. The van der Waals surface area contributed by atoms with Crippen molar-refractivity contribution in [2.45, 2.75) is 0 Å². The van der Waals surface area contributed by atoms with Gasteiger partial charge in [0.1, 0.15) is 24.2 Å². The Morgan fingerprint density at radius 2 is 1.86 bits per heavy atom. The maximum Gasteiger partial charge on any atom is 0.289 e. The molecule has 0 bridgehead atoms. The second-order valence-electron chi connectivity index (χ2n) is 7.77. The number of hydrogen-bond acceptors (Lipinski definition) is 10. The summed E-state index contributed by atoms with van der Waals surface area (Å²) in [7, 11) is -4.73. The topological polar surface area (TPSA) is 206 Å². The lowest BCUT2D eigenvalue weighted by atomic mass is 10.1. The van der Waals surface area contributed by atoms with Crippen molar-refractivity contribution < 1.29 is 27.3 Å². The van der Waals surface area contributed by atoms with E-state index in [-0.39, 0.29) is 29.6 Å². The Hall–Kier alpha value is -4.81. The predicted octanol–water partition coefficient (Wildman–Crippen LogP) is 0.191. The molecule has 1 fully saturated rings. The molecular formula is C22H20N8O6S. The van der Waals surface area contributed by atoms with Gasteiger partial charge in [0.25, 0.3) is 28.0 Å². The number of nitrogens with one attached hydrogen (secondary N) is 1. The van der Waals surface area contributed by atoms with Crippen molar-refractivity contribution in [3.8, 4) is 6.07 Å². The first-order valence-electron chi connectivity index (χ1n) is 10.7. The molecule has 0 aliphatic carbocycles. The minimum Gasteiger partial charge on any atom is -0.463 e. The summed E-state index contributed by atoms with van der Waals surface area (Å²) in [6.07, 6.45) is 2.46. The van der Waals surface area contributed by atoms with Gasteiger partial charge in [-0.05, 0) is 36.4 Å². The lowest BCUT2D eigenvalue weighted by Crippen LogP contribution is -2.42. The van der Waals surface area contributed by atoms with Gasteiger partial charge in [0.15, 0.2) is 11.6 Å². The summed E-state index contributed by atoms with van der Waals surface area (Å²) in [4.78, 5) is 37.6. The third-order valence-corrected chi connectivity index (χ3v) is 5.96. The molecule has 1 saturated heterocycles. The largest absolute Gasteiger partial charge is 0.463 e. The van der Waals surface area contributed by atoms with Crippen molar-refractivity contribution in [2.75, 3.05) is 40.3 Å². The van der Waals surface area contributed by atoms with Crippen molar-refractivity contribution in [2.24, 2.45) is 10.7 Å². The third-order valence-electron chi connectivity index (χ3n) is 5.38. The fraction of sp³-hybridized carbons (Fsp3) is 0.182. The van der Waals surface area contributed by atoms with E-state index < -0.39 is 33.5 Å². The quantitative estimate of drug-likeness (QED) is 0.419. The van der Waals surface area contributed by atoms with E-state index in [1.54, 1.807) is 29.2 Å². The second-order valence-corrected chi connectivity index (χ2v) is 9.19. The zero-order chi connectivity index (χ0) is 26.7. The highest BCUT2D eigenvalue weighted by Gasteiger charge is 2.33. The molecule has 0 atom stereocenters. The van der Waals surface area contributed by atoms with Crippen LogP contribution in [-0.2, 0) is 24.4 Å². The molecule has 1 aromatic heterocycles. The van der Waals surface area contributed by atoms with Gasteiger partial charge in [-0.3, -0.25) is 34.3 Å². The summed E-state index contributed by atoms with van der Waals surface area (Å²) in [6.45, 7) is 0.967. The third kappa shape index (κ3) is 5.39. The highest BCUT2D eigenvalue weighted by atomic mass is 32.2. The van der Waals surface area contributed by atoms with Crippen LogP contribution in [0.5, 0.6) is 0 Å². The zero-order valence-electron chi connectivity index (χ0n) is 19.1. The number of ether oxygens (including phenoxy) is 1. The van der Waals surface area contributed by atoms with Gasteiger partial charge in [-0.15, -0.1) is 0 Å². The summed E-state index contributed by atoms with van der Waals surface area (Å²) in [5.74, 6) is -3.46. The molecule has 0 saturated carbocycles. The first-order valence-corrected chi connectivity index (χ1v) is 12.3. The molecule has 0 radical (unpaired) electrons. The Kier molecular flexibility index (Phi) is 6.87. The van der Waals surface area contributed by atoms with Gasteiger partial charge in [0.05, 0.1) is 18.7 Å². The Labute approximate surface area is 211 Å². The summed E-state index contributed by atoms with van der Waals surface area (Å²) < 4.78 is 38.0. The number of primary amides is 1. The van der Waals surface area contributed by atoms with Crippen LogP contribution >= 0.6 is 0 Å². The van der Waals surface area contributed by atoms with Gasteiger partial charge >= 0.3 is 0 Å². The average Bonchev–Trinajstić information content (AvgIpc) is 3.31. The molecule has 2 aliphatic rings. The number of aliphatic imine (C=N–C) groups is 1. The number of pyridine rings is 1. The van der Waals surface area contributed by atoms with Crippen molar-refractivity contribution in [1.82, 2.24) is 4.98 Å². The van der Waals surface area contributed by atoms with E-state index in [0.717, 1.165) is 6.20 Å². The number of amidine groups is 1. The van der Waals surface area contributed by atoms with E-state index in [2.05, 4.69) is 9.98 Å². The molecule has 4 rings (SSSR count). The molecule has 4 N–H and O–H groups in total. The van der Waals surface area contributed by atoms with Gasteiger partial charge in [0.2, 0.25) is 0 Å². The van der Waals surface area contributed by atoms with Crippen molar-refractivity contribution in [1.29, 1.82) is 10.7 Å². The molecule has 2 aliphatic heterocycles. The maximum atomic E-state index is 13.5. The molecule has 1 aromatic carbocycles. The first-order chi connectivity index (χ1) is 17.6. The Balaban J connectivity index is 1.73. The van der Waals surface area contributed by atoms with E-state index in [4.69, 9.17) is 21.1 Å². The molecule has 0 spiro atoms. The fourth-order valence-corrected chi connectivity index (χ4v) is 4.31. The molecule has 2 aromatic rings. The van der Waals surface area contributed by atoms with Crippen LogP contribution in [0, 0.1) is 16.7 Å². The number of benzene rings is 1. The second kappa shape index (κ2) is 10.0. The maximum absolute atomic E-state index is 13.5. The smallest absolute Gasteiger partial charge is 0.289 e. The van der Waals surface area contributed by atoms with Crippen LogP contribution in [0.2, 0.25) is 0 Å².